The van der Waals surface area contributed by atoms with Crippen molar-refractivity contribution in [3.63, 3.8) is 0 Å². The van der Waals surface area contributed by atoms with E-state index in [1.807, 2.05) is 43.4 Å². The molecule has 1 saturated heterocycles. The van der Waals surface area contributed by atoms with Crippen LogP contribution in [0.2, 0.25) is 0 Å². The van der Waals surface area contributed by atoms with Crippen LogP contribution in [-0.4, -0.2) is 67.5 Å². The second-order valence-corrected chi connectivity index (χ2v) is 11.5. The predicted molar refractivity (Wildman–Crippen MR) is 146 cm³/mol. The van der Waals surface area contributed by atoms with E-state index in [0.717, 1.165) is 5.39 Å². The maximum Gasteiger partial charge on any atom is 0.187 e. The van der Waals surface area contributed by atoms with Gasteiger partial charge in [0.2, 0.25) is 0 Å². The van der Waals surface area contributed by atoms with E-state index in [2.05, 4.69) is 22.1 Å². The quantitative estimate of drug-likeness (QED) is 0.372. The fraction of sp³-hybridized carbons (Fsp3) is 0.370. The minimum absolute atomic E-state index is 0.0132. The molecule has 2 N–H and O–H groups in total. The van der Waals surface area contributed by atoms with Crippen molar-refractivity contribution in [3.8, 4) is 17.1 Å². The maximum absolute atomic E-state index is 13.4. The molecule has 0 bridgehead atoms. The fourth-order valence-electron chi connectivity index (χ4n) is 5.14. The Balaban J connectivity index is 1.57. The largest absolute Gasteiger partial charge is 0.587 e. The number of pyridine rings is 1. The molecule has 11 heteroatoms. The van der Waals surface area contributed by atoms with E-state index in [1.165, 1.54) is 0 Å². The number of aromatic nitrogens is 4. The van der Waals surface area contributed by atoms with E-state index in [1.54, 1.807) is 30.2 Å². The third kappa shape index (κ3) is 4.06. The van der Waals surface area contributed by atoms with Crippen LogP contribution in [0.25, 0.3) is 22.4 Å². The van der Waals surface area contributed by atoms with Crippen molar-refractivity contribution in [2.24, 2.45) is 0 Å². The van der Waals surface area contributed by atoms with E-state index in [9.17, 15) is 9.66 Å². The molecule has 6 rings (SSSR count). The van der Waals surface area contributed by atoms with Gasteiger partial charge >= 0.3 is 0 Å². The van der Waals surface area contributed by atoms with Gasteiger partial charge in [-0.2, -0.15) is 0 Å². The molecule has 3 aromatic heterocycles. The number of ether oxygens (including phenoxy) is 2. The lowest BCUT2D eigenvalue weighted by molar-refractivity contribution is 0.0425. The fourth-order valence-corrected chi connectivity index (χ4v) is 6.23. The van der Waals surface area contributed by atoms with Crippen LogP contribution >= 0.6 is 0 Å². The second-order valence-electron chi connectivity index (χ2n) is 10.1. The van der Waals surface area contributed by atoms with Crippen LogP contribution in [0.4, 0.5) is 11.5 Å². The summed E-state index contributed by atoms with van der Waals surface area (Å²) < 4.78 is 27.0. The van der Waals surface area contributed by atoms with E-state index in [0.29, 0.717) is 64.7 Å². The number of benzene rings is 1. The van der Waals surface area contributed by atoms with Crippen LogP contribution in [0, 0.1) is 0 Å². The molecule has 0 aliphatic carbocycles. The van der Waals surface area contributed by atoms with Crippen molar-refractivity contribution in [1.82, 2.24) is 18.9 Å². The number of rotatable bonds is 5. The van der Waals surface area contributed by atoms with Crippen molar-refractivity contribution < 1.29 is 19.1 Å². The molecular formula is C27H30N6O4S. The highest BCUT2D eigenvalue weighted by Gasteiger charge is 2.40. The van der Waals surface area contributed by atoms with E-state index >= 15 is 0 Å². The lowest BCUT2D eigenvalue weighted by Gasteiger charge is -2.45. The van der Waals surface area contributed by atoms with Gasteiger partial charge in [-0.1, -0.05) is 18.2 Å². The monoisotopic (exact) mass is 534 g/mol. The number of hydrogen-bond donors (Lipinski definition) is 2. The number of anilines is 2. The highest BCUT2D eigenvalue weighted by molar-refractivity contribution is 7.90. The van der Waals surface area contributed by atoms with E-state index in [-0.39, 0.29) is 12.1 Å². The molecule has 1 unspecified atom stereocenters. The van der Waals surface area contributed by atoms with Gasteiger partial charge in [-0.25, -0.2) is 15.0 Å². The Kier molecular flexibility index (Phi) is 6.18. The van der Waals surface area contributed by atoms with Crippen molar-refractivity contribution in [2.45, 2.75) is 43.4 Å². The molecule has 0 amide bonds. The first kappa shape index (κ1) is 24.9. The summed E-state index contributed by atoms with van der Waals surface area (Å²) in [5.41, 5.74) is 1.09. The number of aliphatic hydroxyl groups is 1. The van der Waals surface area contributed by atoms with Crippen molar-refractivity contribution in [2.75, 3.05) is 37.1 Å². The minimum atomic E-state index is -1.48. The average Bonchev–Trinajstić information content (AvgIpc) is 3.35. The van der Waals surface area contributed by atoms with Gasteiger partial charge in [-0.05, 0) is 39.0 Å². The lowest BCUT2D eigenvalue weighted by Crippen LogP contribution is -2.56. The standard InChI is InChI=1S/C27H30N6O4S/c1-16-13-36-14-17-15-37-22-23(27(2,3)34)30-24(31-26(22)33(16)17)21-19-10-11-32(25(19)29-12-20(21)28-4)38(35)18-8-6-5-7-9-18/h5-12,16-17,28,34H,13-15H2,1-4H3/t16-,17+,38?/m1/s1. The molecule has 10 nitrogen and oxygen atoms in total. The van der Waals surface area contributed by atoms with E-state index < -0.39 is 17.0 Å². The Hall–Kier alpha value is -3.38. The molecule has 1 fully saturated rings. The average molecular weight is 535 g/mol. The minimum Gasteiger partial charge on any atom is -0.587 e. The molecule has 0 radical (unpaired) electrons. The number of fused-ring (bicyclic) bond motifs is 4. The van der Waals surface area contributed by atoms with E-state index in [4.69, 9.17) is 19.4 Å². The molecule has 198 valence electrons. The van der Waals surface area contributed by atoms with Gasteiger partial charge in [0.15, 0.2) is 27.9 Å². The Morgan fingerprint density at radius 1 is 1.13 bits per heavy atom. The molecular weight excluding hydrogens is 504 g/mol. The summed E-state index contributed by atoms with van der Waals surface area (Å²) in [7, 11) is 1.81. The molecule has 0 spiro atoms. The van der Waals surface area contributed by atoms with Gasteiger partial charge in [0.05, 0.1) is 48.9 Å². The SMILES string of the molecule is CNc1cnc2c(ccn2[S+]([O-])c2ccccc2)c1-c1nc2c(c(C(C)(C)O)n1)OC[C@@H]1COC[C@@H](C)N21. The van der Waals surface area contributed by atoms with Crippen LogP contribution in [0.1, 0.15) is 26.5 Å². The van der Waals surface area contributed by atoms with Gasteiger partial charge in [0.25, 0.3) is 0 Å². The second kappa shape index (κ2) is 9.42. The Morgan fingerprint density at radius 2 is 1.92 bits per heavy atom. The summed E-state index contributed by atoms with van der Waals surface area (Å²) in [5, 5.41) is 15.1. The lowest BCUT2D eigenvalue weighted by atomic mass is 10.0. The van der Waals surface area contributed by atoms with Crippen LogP contribution in [0.15, 0.2) is 53.7 Å². The first-order valence-electron chi connectivity index (χ1n) is 12.6. The van der Waals surface area contributed by atoms with Gasteiger partial charge in [0.1, 0.15) is 29.3 Å². The third-order valence-corrected chi connectivity index (χ3v) is 8.25. The molecule has 3 atom stereocenters. The van der Waals surface area contributed by atoms with Crippen LogP contribution in [-0.2, 0) is 21.7 Å². The number of nitrogens with zero attached hydrogens (tertiary/aromatic N) is 5. The Bertz CT molecular complexity index is 1490. The zero-order valence-corrected chi connectivity index (χ0v) is 22.5. The summed E-state index contributed by atoms with van der Waals surface area (Å²) >= 11 is -1.48. The number of nitrogens with one attached hydrogen (secondary N) is 1. The zero-order valence-electron chi connectivity index (χ0n) is 21.7. The Morgan fingerprint density at radius 3 is 2.66 bits per heavy atom. The van der Waals surface area contributed by atoms with Gasteiger partial charge in [0, 0.05) is 12.4 Å². The maximum atomic E-state index is 13.4. The highest BCUT2D eigenvalue weighted by Crippen LogP contribution is 2.44. The van der Waals surface area contributed by atoms with Crippen LogP contribution in [0.3, 0.4) is 0 Å². The van der Waals surface area contributed by atoms with Crippen molar-refractivity contribution in [1.29, 1.82) is 0 Å². The van der Waals surface area contributed by atoms with Gasteiger partial charge in [-0.15, -0.1) is 3.97 Å². The normalized spacial score (nSPS) is 20.0. The van der Waals surface area contributed by atoms with Gasteiger partial charge in [-0.3, -0.25) is 0 Å². The topological polar surface area (TPSA) is 121 Å². The van der Waals surface area contributed by atoms with Crippen LogP contribution in [0.5, 0.6) is 5.75 Å². The third-order valence-electron chi connectivity index (χ3n) is 6.93. The molecule has 1 aromatic carbocycles. The smallest absolute Gasteiger partial charge is 0.187 e. The molecule has 38 heavy (non-hydrogen) atoms. The molecule has 5 heterocycles. The molecule has 4 aromatic rings. The highest BCUT2D eigenvalue weighted by atomic mass is 32.2. The first-order chi connectivity index (χ1) is 18.3. The first-order valence-corrected chi connectivity index (χ1v) is 13.7. The summed E-state index contributed by atoms with van der Waals surface area (Å²) in [6.07, 6.45) is 3.46. The number of hydrogen-bond acceptors (Lipinski definition) is 9. The molecule has 2 aliphatic rings. The van der Waals surface area contributed by atoms with Crippen LogP contribution < -0.4 is 15.0 Å². The molecule has 2 aliphatic heterocycles. The zero-order chi connectivity index (χ0) is 26.6. The summed E-state index contributed by atoms with van der Waals surface area (Å²) in [4.78, 5) is 17.4. The number of morpholine rings is 1. The summed E-state index contributed by atoms with van der Waals surface area (Å²) in [6.45, 7) is 7.02. The van der Waals surface area contributed by atoms with Gasteiger partial charge < -0.3 is 29.3 Å². The predicted octanol–water partition coefficient (Wildman–Crippen LogP) is 3.32. The Labute approximate surface area is 224 Å². The van der Waals surface area contributed by atoms with Crippen molar-refractivity contribution >= 4 is 33.9 Å². The summed E-state index contributed by atoms with van der Waals surface area (Å²) in [6, 6.07) is 11.2. The summed E-state index contributed by atoms with van der Waals surface area (Å²) in [5.74, 6) is 1.55. The van der Waals surface area contributed by atoms with Crippen molar-refractivity contribution in [3.05, 3.63) is 54.5 Å². The molecule has 0 saturated carbocycles.